The van der Waals surface area contributed by atoms with Crippen molar-refractivity contribution in [3.63, 3.8) is 0 Å². The molecule has 1 unspecified atom stereocenters. The van der Waals surface area contributed by atoms with Crippen LogP contribution < -0.4 is 9.47 Å². The van der Waals surface area contributed by atoms with Crippen LogP contribution in [0.4, 0.5) is 0 Å². The predicted molar refractivity (Wildman–Crippen MR) is 67.3 cm³/mol. The van der Waals surface area contributed by atoms with Crippen molar-refractivity contribution in [2.24, 2.45) is 5.41 Å². The van der Waals surface area contributed by atoms with Gasteiger partial charge in [0.1, 0.15) is 16.9 Å². The van der Waals surface area contributed by atoms with Gasteiger partial charge in [-0.25, -0.2) is 0 Å². The highest BCUT2D eigenvalue weighted by Crippen LogP contribution is 2.66. The van der Waals surface area contributed by atoms with Crippen molar-refractivity contribution in [2.45, 2.75) is 25.7 Å². The van der Waals surface area contributed by atoms with Gasteiger partial charge < -0.3 is 14.6 Å². The summed E-state index contributed by atoms with van der Waals surface area (Å²) in [6.07, 6.45) is 0.610. The molecule has 1 aromatic carbocycles. The van der Waals surface area contributed by atoms with E-state index in [2.05, 4.69) is 0 Å². The normalized spacial score (nSPS) is 24.4. The van der Waals surface area contributed by atoms with E-state index in [-0.39, 0.29) is 5.41 Å². The smallest absolute Gasteiger partial charge is 0.314 e. The topological polar surface area (TPSA) is 55.8 Å². The first-order valence-electron chi connectivity index (χ1n) is 5.85. The summed E-state index contributed by atoms with van der Waals surface area (Å²) in [5.74, 6) is 0.442. The number of methoxy groups -OCH3 is 2. The van der Waals surface area contributed by atoms with Gasteiger partial charge in [0.05, 0.1) is 14.2 Å². The molecule has 4 nitrogen and oxygen atoms in total. The van der Waals surface area contributed by atoms with E-state index in [0.29, 0.717) is 23.5 Å². The van der Waals surface area contributed by atoms with Crippen molar-refractivity contribution < 1.29 is 19.4 Å². The molecule has 18 heavy (non-hydrogen) atoms. The van der Waals surface area contributed by atoms with Crippen molar-refractivity contribution in [3.8, 4) is 11.5 Å². The largest absolute Gasteiger partial charge is 0.497 e. The van der Waals surface area contributed by atoms with Crippen LogP contribution in [0.2, 0.25) is 0 Å². The molecule has 1 N–H and O–H groups in total. The SMILES string of the molecule is COc1ccc(OC)c(C2(C(=O)O)CC2(C)C)c1. The third-order valence-electron chi connectivity index (χ3n) is 3.97. The van der Waals surface area contributed by atoms with Crippen LogP contribution in [0.3, 0.4) is 0 Å². The molecule has 0 aliphatic heterocycles. The van der Waals surface area contributed by atoms with Crippen LogP contribution in [0, 0.1) is 5.41 Å². The third-order valence-corrected chi connectivity index (χ3v) is 3.97. The van der Waals surface area contributed by atoms with Gasteiger partial charge in [0.15, 0.2) is 0 Å². The lowest BCUT2D eigenvalue weighted by atomic mass is 9.87. The van der Waals surface area contributed by atoms with Crippen molar-refractivity contribution in [1.82, 2.24) is 0 Å². The van der Waals surface area contributed by atoms with Gasteiger partial charge in [-0.2, -0.15) is 0 Å². The molecular formula is C14H18O4. The molecule has 2 rings (SSSR count). The van der Waals surface area contributed by atoms with E-state index in [1.54, 1.807) is 32.4 Å². The van der Waals surface area contributed by atoms with Gasteiger partial charge in [-0.05, 0) is 30.0 Å². The molecule has 0 saturated heterocycles. The van der Waals surface area contributed by atoms with Crippen LogP contribution in [-0.4, -0.2) is 25.3 Å². The van der Waals surface area contributed by atoms with Gasteiger partial charge in [0.2, 0.25) is 0 Å². The van der Waals surface area contributed by atoms with Crippen LogP contribution in [0.25, 0.3) is 0 Å². The molecule has 1 aliphatic carbocycles. The number of ether oxygens (including phenoxy) is 2. The van der Waals surface area contributed by atoms with Gasteiger partial charge in [0, 0.05) is 5.56 Å². The van der Waals surface area contributed by atoms with Gasteiger partial charge in [-0.3, -0.25) is 4.79 Å². The van der Waals surface area contributed by atoms with E-state index in [4.69, 9.17) is 9.47 Å². The number of carboxylic acids is 1. The minimum Gasteiger partial charge on any atom is -0.497 e. The number of carbonyl (C=O) groups is 1. The molecule has 98 valence electrons. The fourth-order valence-corrected chi connectivity index (χ4v) is 2.71. The number of hydrogen-bond acceptors (Lipinski definition) is 3. The summed E-state index contributed by atoms with van der Waals surface area (Å²) in [6, 6.07) is 5.29. The summed E-state index contributed by atoms with van der Waals surface area (Å²) < 4.78 is 10.5. The Morgan fingerprint density at radius 1 is 1.28 bits per heavy atom. The molecule has 4 heteroatoms. The lowest BCUT2D eigenvalue weighted by molar-refractivity contribution is -0.141. The Labute approximate surface area is 107 Å². The number of hydrogen-bond donors (Lipinski definition) is 1. The summed E-state index contributed by atoms with van der Waals surface area (Å²) in [7, 11) is 3.12. The van der Waals surface area contributed by atoms with E-state index < -0.39 is 11.4 Å². The molecule has 0 bridgehead atoms. The second-order valence-corrected chi connectivity index (χ2v) is 5.34. The maximum atomic E-state index is 11.7. The number of aliphatic carboxylic acids is 1. The Morgan fingerprint density at radius 2 is 1.89 bits per heavy atom. The molecule has 0 radical (unpaired) electrons. The zero-order valence-corrected chi connectivity index (χ0v) is 11.1. The Balaban J connectivity index is 2.59. The monoisotopic (exact) mass is 250 g/mol. The van der Waals surface area contributed by atoms with Crippen molar-refractivity contribution in [2.75, 3.05) is 14.2 Å². The summed E-state index contributed by atoms with van der Waals surface area (Å²) >= 11 is 0. The molecule has 1 aliphatic rings. The highest BCUT2D eigenvalue weighted by molar-refractivity contribution is 5.88. The molecule has 1 fully saturated rings. The van der Waals surface area contributed by atoms with Gasteiger partial charge >= 0.3 is 5.97 Å². The van der Waals surface area contributed by atoms with Gasteiger partial charge in [-0.15, -0.1) is 0 Å². The standard InChI is InChI=1S/C14H18O4/c1-13(2)8-14(13,12(15)16)10-7-9(17-3)5-6-11(10)18-4/h5-7H,8H2,1-4H3,(H,15,16). The van der Waals surface area contributed by atoms with Crippen LogP contribution in [-0.2, 0) is 10.2 Å². The first kappa shape index (κ1) is 12.7. The first-order chi connectivity index (χ1) is 8.39. The summed E-state index contributed by atoms with van der Waals surface area (Å²) in [5.41, 5.74) is -0.437. The zero-order chi connectivity index (χ0) is 13.6. The lowest BCUT2D eigenvalue weighted by Crippen LogP contribution is -2.26. The Kier molecular flexibility index (Phi) is 2.76. The highest BCUT2D eigenvalue weighted by Gasteiger charge is 2.68. The second kappa shape index (κ2) is 3.90. The maximum Gasteiger partial charge on any atom is 0.314 e. The van der Waals surface area contributed by atoms with E-state index in [1.165, 1.54) is 0 Å². The Bertz CT molecular complexity index is 493. The minimum absolute atomic E-state index is 0.265. The van der Waals surface area contributed by atoms with E-state index >= 15 is 0 Å². The highest BCUT2D eigenvalue weighted by atomic mass is 16.5. The summed E-state index contributed by atoms with van der Waals surface area (Å²) in [4.78, 5) is 11.7. The Morgan fingerprint density at radius 3 is 2.28 bits per heavy atom. The Hall–Kier alpha value is -1.71. The molecule has 0 aromatic heterocycles. The quantitative estimate of drug-likeness (QED) is 0.891. The zero-order valence-electron chi connectivity index (χ0n) is 11.1. The molecule has 0 heterocycles. The third kappa shape index (κ3) is 1.55. The van der Waals surface area contributed by atoms with Crippen molar-refractivity contribution >= 4 is 5.97 Å². The summed E-state index contributed by atoms with van der Waals surface area (Å²) in [5, 5.41) is 9.58. The van der Waals surface area contributed by atoms with Crippen LogP contribution >= 0.6 is 0 Å². The van der Waals surface area contributed by atoms with Crippen LogP contribution in [0.1, 0.15) is 25.8 Å². The van der Waals surface area contributed by atoms with Gasteiger partial charge in [-0.1, -0.05) is 13.8 Å². The number of rotatable bonds is 4. The van der Waals surface area contributed by atoms with E-state index in [1.807, 2.05) is 13.8 Å². The van der Waals surface area contributed by atoms with E-state index in [0.717, 1.165) is 0 Å². The summed E-state index contributed by atoms with van der Waals surface area (Å²) in [6.45, 7) is 3.92. The van der Waals surface area contributed by atoms with Crippen LogP contribution in [0.15, 0.2) is 18.2 Å². The van der Waals surface area contributed by atoms with E-state index in [9.17, 15) is 9.90 Å². The minimum atomic E-state index is -0.868. The molecule has 1 aromatic rings. The average molecular weight is 250 g/mol. The molecule has 0 spiro atoms. The van der Waals surface area contributed by atoms with Crippen molar-refractivity contribution in [3.05, 3.63) is 23.8 Å². The molecule has 1 saturated carbocycles. The second-order valence-electron chi connectivity index (χ2n) is 5.34. The number of benzene rings is 1. The predicted octanol–water partition coefficient (Wildman–Crippen LogP) is 2.46. The van der Waals surface area contributed by atoms with Crippen molar-refractivity contribution in [1.29, 1.82) is 0 Å². The fourth-order valence-electron chi connectivity index (χ4n) is 2.71. The van der Waals surface area contributed by atoms with Gasteiger partial charge in [0.25, 0.3) is 0 Å². The maximum absolute atomic E-state index is 11.7. The average Bonchev–Trinajstić information content (AvgIpc) is 2.93. The molecule has 0 amide bonds. The van der Waals surface area contributed by atoms with Crippen LogP contribution in [0.5, 0.6) is 11.5 Å². The number of carboxylic acid groups (broad SMARTS) is 1. The lowest BCUT2D eigenvalue weighted by Gasteiger charge is -2.20. The molecule has 1 atom stereocenters. The molecular weight excluding hydrogens is 232 g/mol. The fraction of sp³-hybridized carbons (Fsp3) is 0.500. The first-order valence-corrected chi connectivity index (χ1v) is 5.85.